The summed E-state index contributed by atoms with van der Waals surface area (Å²) < 4.78 is 0. The van der Waals surface area contributed by atoms with Crippen LogP contribution in [0, 0.1) is 11.3 Å². The van der Waals surface area contributed by atoms with E-state index in [2.05, 4.69) is 15.4 Å². The van der Waals surface area contributed by atoms with Crippen LogP contribution in [0.2, 0.25) is 10.0 Å². The molecule has 0 fully saturated rings. The average molecular weight is 341 g/mol. The van der Waals surface area contributed by atoms with Crippen LogP contribution in [0.5, 0.6) is 0 Å². The molecule has 0 radical (unpaired) electrons. The van der Waals surface area contributed by atoms with Gasteiger partial charge in [-0.2, -0.15) is 5.26 Å². The van der Waals surface area contributed by atoms with Gasteiger partial charge in [-0.25, -0.2) is 5.10 Å². The molecule has 0 bridgehead atoms. The normalized spacial score (nSPS) is 10.8. The maximum absolute atomic E-state index is 9.06. The molecule has 3 aromatic rings. The molecule has 0 unspecified atom stereocenters. The lowest BCUT2D eigenvalue weighted by atomic mass is 10.1. The van der Waals surface area contributed by atoms with Gasteiger partial charge in [-0.3, -0.25) is 0 Å². The highest BCUT2D eigenvalue weighted by Gasteiger charge is 2.10. The summed E-state index contributed by atoms with van der Waals surface area (Å²) in [6, 6.07) is 15.0. The van der Waals surface area contributed by atoms with Crippen molar-refractivity contribution in [3.05, 3.63) is 69.3 Å². The average Bonchev–Trinajstić information content (AvgIpc) is 3.02. The van der Waals surface area contributed by atoms with Gasteiger partial charge in [-0.15, -0.1) is 5.10 Å². The number of benzene rings is 2. The minimum absolute atomic E-state index is 0.305. The van der Waals surface area contributed by atoms with Crippen molar-refractivity contribution in [3.8, 4) is 17.3 Å². The van der Waals surface area contributed by atoms with Crippen LogP contribution in [0.15, 0.2) is 42.5 Å². The maximum atomic E-state index is 9.06. The fraction of sp³-hybridized carbons (Fsp3) is 0. The first-order chi connectivity index (χ1) is 11.2. The third-order valence-corrected chi connectivity index (χ3v) is 3.66. The fourth-order valence-corrected chi connectivity index (χ4v) is 2.49. The van der Waals surface area contributed by atoms with Crippen molar-refractivity contribution in [1.82, 2.24) is 15.4 Å². The molecule has 2 aromatic carbocycles. The first-order valence-corrected chi connectivity index (χ1v) is 7.47. The van der Waals surface area contributed by atoms with E-state index in [1.54, 1.807) is 6.07 Å². The summed E-state index contributed by atoms with van der Waals surface area (Å²) in [5.41, 5.74) is 3.44. The van der Waals surface area contributed by atoms with E-state index >= 15 is 0 Å². The van der Waals surface area contributed by atoms with Crippen LogP contribution in [0.1, 0.15) is 16.8 Å². The number of hydrogen-bond acceptors (Lipinski definition) is 3. The van der Waals surface area contributed by atoms with Gasteiger partial charge in [0.15, 0.2) is 5.69 Å². The highest BCUT2D eigenvalue weighted by molar-refractivity contribution is 6.31. The molecular formula is C17H10Cl2N4. The zero-order valence-corrected chi connectivity index (χ0v) is 13.3. The quantitative estimate of drug-likeness (QED) is 0.695. The minimum Gasteiger partial charge on any atom is -0.247 e. The lowest BCUT2D eigenvalue weighted by Crippen LogP contribution is -1.85. The number of halogens is 2. The van der Waals surface area contributed by atoms with Crippen molar-refractivity contribution in [3.63, 3.8) is 0 Å². The molecule has 1 N–H and O–H groups in total. The molecule has 0 atom stereocenters. The van der Waals surface area contributed by atoms with E-state index in [4.69, 9.17) is 28.5 Å². The van der Waals surface area contributed by atoms with Crippen molar-refractivity contribution in [2.75, 3.05) is 0 Å². The molecule has 0 aliphatic rings. The maximum Gasteiger partial charge on any atom is 0.163 e. The van der Waals surface area contributed by atoms with Crippen LogP contribution in [-0.4, -0.2) is 15.4 Å². The molecule has 4 nitrogen and oxygen atoms in total. The molecule has 112 valence electrons. The molecule has 0 saturated carbocycles. The van der Waals surface area contributed by atoms with Gasteiger partial charge in [0.05, 0.1) is 0 Å². The predicted molar refractivity (Wildman–Crippen MR) is 91.9 cm³/mol. The van der Waals surface area contributed by atoms with Gasteiger partial charge in [-0.1, -0.05) is 52.7 Å². The monoisotopic (exact) mass is 340 g/mol. The summed E-state index contributed by atoms with van der Waals surface area (Å²) in [4.78, 5) is 0. The molecule has 0 aliphatic heterocycles. The molecule has 0 amide bonds. The van der Waals surface area contributed by atoms with Gasteiger partial charge in [0, 0.05) is 15.6 Å². The minimum atomic E-state index is 0.305. The summed E-state index contributed by atoms with van der Waals surface area (Å²) >= 11 is 12.0. The Labute approximate surface area is 143 Å². The second-order valence-corrected chi connectivity index (χ2v) is 5.68. The Morgan fingerprint density at radius 3 is 2.43 bits per heavy atom. The number of hydrogen-bond donors (Lipinski definition) is 1. The Morgan fingerprint density at radius 2 is 1.70 bits per heavy atom. The van der Waals surface area contributed by atoms with Crippen molar-refractivity contribution >= 4 is 35.4 Å². The van der Waals surface area contributed by atoms with Crippen LogP contribution >= 0.6 is 23.2 Å². The highest BCUT2D eigenvalue weighted by atomic mass is 35.5. The summed E-state index contributed by atoms with van der Waals surface area (Å²) in [5.74, 6) is 0. The molecule has 0 aliphatic carbocycles. The summed E-state index contributed by atoms with van der Waals surface area (Å²) in [5, 5.41) is 20.5. The van der Waals surface area contributed by atoms with Crippen LogP contribution in [0.4, 0.5) is 0 Å². The molecule has 0 saturated heterocycles. The standard InChI is InChI=1S/C17H10Cl2N4/c18-14-5-3-11(4-6-14)1-2-12-7-13(9-15(19)8-12)17-16(10-20)21-23-22-17/h1-9H,(H,21,22,23)/b2-1+. The van der Waals surface area contributed by atoms with Crippen molar-refractivity contribution < 1.29 is 0 Å². The number of nitrogens with one attached hydrogen (secondary N) is 1. The molecule has 6 heteroatoms. The zero-order valence-electron chi connectivity index (χ0n) is 11.8. The smallest absolute Gasteiger partial charge is 0.163 e. The first-order valence-electron chi connectivity index (χ1n) is 6.71. The second kappa shape index (κ2) is 6.66. The summed E-state index contributed by atoms with van der Waals surface area (Å²) in [6.07, 6.45) is 3.89. The molecule has 1 aromatic heterocycles. The van der Waals surface area contributed by atoms with Gasteiger partial charge in [0.2, 0.25) is 0 Å². The predicted octanol–water partition coefficient (Wildman–Crippen LogP) is 4.82. The molecule has 23 heavy (non-hydrogen) atoms. The van der Waals surface area contributed by atoms with E-state index in [9.17, 15) is 0 Å². The Kier molecular flexibility index (Phi) is 4.42. The number of rotatable bonds is 3. The van der Waals surface area contributed by atoms with Crippen molar-refractivity contribution in [2.45, 2.75) is 0 Å². The van der Waals surface area contributed by atoms with E-state index in [0.29, 0.717) is 21.4 Å². The number of H-pyrrole nitrogens is 1. The van der Waals surface area contributed by atoms with Crippen LogP contribution in [0.25, 0.3) is 23.4 Å². The van der Waals surface area contributed by atoms with E-state index in [0.717, 1.165) is 16.7 Å². The Morgan fingerprint density at radius 1 is 0.957 bits per heavy atom. The van der Waals surface area contributed by atoms with Crippen LogP contribution < -0.4 is 0 Å². The van der Waals surface area contributed by atoms with Gasteiger partial charge < -0.3 is 0 Å². The molecule has 1 heterocycles. The lowest BCUT2D eigenvalue weighted by Gasteiger charge is -2.02. The molecule has 0 spiro atoms. The van der Waals surface area contributed by atoms with Crippen molar-refractivity contribution in [1.29, 1.82) is 5.26 Å². The highest BCUT2D eigenvalue weighted by Crippen LogP contribution is 2.26. The van der Waals surface area contributed by atoms with Gasteiger partial charge in [0.25, 0.3) is 0 Å². The third-order valence-electron chi connectivity index (χ3n) is 3.19. The van der Waals surface area contributed by atoms with Gasteiger partial charge in [0.1, 0.15) is 11.8 Å². The number of nitriles is 1. The van der Waals surface area contributed by atoms with E-state index < -0.39 is 0 Å². The number of aromatic amines is 1. The Bertz CT molecular complexity index is 905. The van der Waals surface area contributed by atoms with Crippen molar-refractivity contribution in [2.24, 2.45) is 0 Å². The number of aromatic nitrogens is 3. The van der Waals surface area contributed by atoms with Crippen LogP contribution in [0.3, 0.4) is 0 Å². The molecular weight excluding hydrogens is 331 g/mol. The topological polar surface area (TPSA) is 65.4 Å². The van der Waals surface area contributed by atoms with E-state index in [1.807, 2.05) is 54.6 Å². The summed E-state index contributed by atoms with van der Waals surface area (Å²) in [6.45, 7) is 0. The van der Waals surface area contributed by atoms with Crippen LogP contribution in [-0.2, 0) is 0 Å². The Hall–Kier alpha value is -2.61. The van der Waals surface area contributed by atoms with Gasteiger partial charge in [-0.05, 0) is 41.5 Å². The zero-order chi connectivity index (χ0) is 16.2. The third kappa shape index (κ3) is 3.59. The van der Waals surface area contributed by atoms with E-state index in [-0.39, 0.29) is 0 Å². The SMILES string of the molecule is N#Cc1[nH]nnc1-c1cc(Cl)cc(/C=C/c2ccc(Cl)cc2)c1. The fourth-order valence-electron chi connectivity index (χ4n) is 2.12. The first kappa shape index (κ1) is 15.3. The summed E-state index contributed by atoms with van der Waals surface area (Å²) in [7, 11) is 0. The van der Waals surface area contributed by atoms with Gasteiger partial charge >= 0.3 is 0 Å². The second-order valence-electron chi connectivity index (χ2n) is 4.81. The Balaban J connectivity index is 1.95. The number of nitrogens with zero attached hydrogens (tertiary/aromatic N) is 3. The molecule has 3 rings (SSSR count). The largest absolute Gasteiger partial charge is 0.247 e. The lowest BCUT2D eigenvalue weighted by molar-refractivity contribution is 0.937. The van der Waals surface area contributed by atoms with E-state index in [1.165, 1.54) is 0 Å².